The van der Waals surface area contributed by atoms with Crippen LogP contribution in [0.2, 0.25) is 0 Å². The van der Waals surface area contributed by atoms with E-state index in [1.807, 2.05) is 18.2 Å². The Balaban J connectivity index is 1.51. The van der Waals surface area contributed by atoms with E-state index < -0.39 is 5.25 Å². The molecule has 3 aromatic rings. The van der Waals surface area contributed by atoms with Gasteiger partial charge in [0.05, 0.1) is 11.0 Å². The Morgan fingerprint density at radius 3 is 2.52 bits per heavy atom. The fourth-order valence-electron chi connectivity index (χ4n) is 3.29. The summed E-state index contributed by atoms with van der Waals surface area (Å²) in [5, 5.41) is 9.00. The second-order valence-corrected chi connectivity index (χ2v) is 9.46. The van der Waals surface area contributed by atoms with Crippen LogP contribution in [0.15, 0.2) is 59.1 Å². The maximum absolute atomic E-state index is 12.4. The van der Waals surface area contributed by atoms with Crippen molar-refractivity contribution >= 4 is 29.4 Å². The summed E-state index contributed by atoms with van der Waals surface area (Å²) in [5.41, 5.74) is 4.51. The summed E-state index contributed by atoms with van der Waals surface area (Å²) in [6.45, 7) is 4.83. The summed E-state index contributed by atoms with van der Waals surface area (Å²) in [4.78, 5) is 26.8. The molecule has 0 spiro atoms. The van der Waals surface area contributed by atoms with Crippen molar-refractivity contribution in [1.29, 1.82) is 0 Å². The molecule has 0 saturated heterocycles. The van der Waals surface area contributed by atoms with Crippen LogP contribution in [0.25, 0.3) is 11.1 Å². The Bertz CT molecular complexity index is 1080. The number of hydrogen-bond acceptors (Lipinski definition) is 6. The third-order valence-electron chi connectivity index (χ3n) is 4.97. The Hall–Kier alpha value is -3.10. The molecule has 2 N–H and O–H groups in total. The van der Waals surface area contributed by atoms with Crippen molar-refractivity contribution in [3.8, 4) is 11.1 Å². The highest BCUT2D eigenvalue weighted by Crippen LogP contribution is 2.24. The highest BCUT2D eigenvalue weighted by Gasteiger charge is 2.17. The van der Waals surface area contributed by atoms with Crippen molar-refractivity contribution in [2.45, 2.75) is 32.2 Å². The van der Waals surface area contributed by atoms with Crippen LogP contribution in [0.5, 0.6) is 0 Å². The van der Waals surface area contributed by atoms with Crippen LogP contribution in [-0.2, 0) is 22.7 Å². The van der Waals surface area contributed by atoms with Crippen molar-refractivity contribution in [1.82, 2.24) is 15.4 Å². The van der Waals surface area contributed by atoms with E-state index in [4.69, 9.17) is 4.52 Å². The van der Waals surface area contributed by atoms with Crippen molar-refractivity contribution in [3.05, 3.63) is 71.5 Å². The molecule has 0 fully saturated rings. The van der Waals surface area contributed by atoms with Gasteiger partial charge >= 0.3 is 0 Å². The quantitative estimate of drug-likeness (QED) is 0.468. The second-order valence-electron chi connectivity index (χ2n) is 8.13. The van der Waals surface area contributed by atoms with Gasteiger partial charge in [0.1, 0.15) is 5.76 Å². The van der Waals surface area contributed by atoms with E-state index in [0.717, 1.165) is 23.2 Å². The molecule has 174 valence electrons. The van der Waals surface area contributed by atoms with E-state index in [9.17, 15) is 9.59 Å². The molecule has 1 unspecified atom stereocenters. The van der Waals surface area contributed by atoms with Gasteiger partial charge in [-0.3, -0.25) is 9.59 Å². The molecule has 8 heteroatoms. The molecule has 0 aliphatic carbocycles. The van der Waals surface area contributed by atoms with Gasteiger partial charge in [0.25, 0.3) is 0 Å². The first-order chi connectivity index (χ1) is 15.8. The zero-order valence-corrected chi connectivity index (χ0v) is 20.2. The maximum atomic E-state index is 12.4. The topological polar surface area (TPSA) is 87.5 Å². The Labute approximate surface area is 198 Å². The van der Waals surface area contributed by atoms with Crippen molar-refractivity contribution in [3.63, 3.8) is 0 Å². The molecule has 0 radical (unpaired) electrons. The van der Waals surface area contributed by atoms with Crippen LogP contribution in [-0.4, -0.2) is 47.0 Å². The monoisotopic (exact) mass is 466 g/mol. The number of aromatic nitrogens is 1. The molecule has 7 nitrogen and oxygen atoms in total. The first kappa shape index (κ1) is 24.5. The predicted octanol–water partition coefficient (Wildman–Crippen LogP) is 4.09. The van der Waals surface area contributed by atoms with Crippen LogP contribution >= 0.6 is 11.8 Å². The van der Waals surface area contributed by atoms with E-state index >= 15 is 0 Å². The molecule has 0 aliphatic rings. The van der Waals surface area contributed by atoms with Gasteiger partial charge in [0.2, 0.25) is 11.8 Å². The smallest absolute Gasteiger partial charge is 0.238 e. The Morgan fingerprint density at radius 1 is 1.12 bits per heavy atom. The number of nitrogens with zero attached hydrogens (tertiary/aromatic N) is 2. The molecule has 1 aromatic heterocycles. The molecule has 1 atom stereocenters. The van der Waals surface area contributed by atoms with Gasteiger partial charge in [0, 0.05) is 19.2 Å². The van der Waals surface area contributed by atoms with Crippen LogP contribution in [0.3, 0.4) is 0 Å². The van der Waals surface area contributed by atoms with E-state index in [1.165, 1.54) is 17.3 Å². The fraction of sp³-hybridized carbons (Fsp3) is 0.320. The largest absolute Gasteiger partial charge is 0.360 e. The van der Waals surface area contributed by atoms with Gasteiger partial charge in [0.15, 0.2) is 5.82 Å². The zero-order valence-electron chi connectivity index (χ0n) is 19.4. The molecule has 3 rings (SSSR count). The molecule has 1 heterocycles. The molecule has 0 saturated carbocycles. The number of nitrogens with one attached hydrogen (secondary N) is 2. The number of amides is 2. The SMILES string of the molecule is Cc1cc(NC(=O)C(C)SCC(=O)NCc2ccccc2-c2ccc(CN(C)C)cc2)no1. The van der Waals surface area contributed by atoms with Crippen LogP contribution < -0.4 is 10.6 Å². The van der Waals surface area contributed by atoms with E-state index in [1.54, 1.807) is 19.9 Å². The van der Waals surface area contributed by atoms with E-state index in [-0.39, 0.29) is 17.6 Å². The number of anilines is 1. The number of carbonyl (C=O) groups is 2. The van der Waals surface area contributed by atoms with E-state index in [0.29, 0.717) is 18.1 Å². The zero-order chi connectivity index (χ0) is 23.8. The average molecular weight is 467 g/mol. The summed E-state index contributed by atoms with van der Waals surface area (Å²) >= 11 is 1.27. The van der Waals surface area contributed by atoms with Crippen molar-refractivity contribution in [2.75, 3.05) is 25.2 Å². The van der Waals surface area contributed by atoms with Gasteiger partial charge in [-0.15, -0.1) is 11.8 Å². The van der Waals surface area contributed by atoms with Crippen LogP contribution in [0.4, 0.5) is 5.82 Å². The normalized spacial score (nSPS) is 11.9. The first-order valence-corrected chi connectivity index (χ1v) is 11.8. The lowest BCUT2D eigenvalue weighted by atomic mass is 9.98. The highest BCUT2D eigenvalue weighted by atomic mass is 32.2. The lowest BCUT2D eigenvalue weighted by molar-refractivity contribution is -0.118. The number of benzene rings is 2. The number of thioether (sulfide) groups is 1. The van der Waals surface area contributed by atoms with Crippen molar-refractivity contribution in [2.24, 2.45) is 0 Å². The minimum atomic E-state index is -0.402. The molecule has 0 aliphatic heterocycles. The van der Waals surface area contributed by atoms with Gasteiger partial charge < -0.3 is 20.1 Å². The van der Waals surface area contributed by atoms with Gasteiger partial charge in [-0.1, -0.05) is 53.7 Å². The van der Waals surface area contributed by atoms with Crippen LogP contribution in [0, 0.1) is 6.92 Å². The van der Waals surface area contributed by atoms with Gasteiger partial charge in [-0.2, -0.15) is 0 Å². The molecule has 33 heavy (non-hydrogen) atoms. The minimum Gasteiger partial charge on any atom is -0.360 e. The fourth-order valence-corrected chi connectivity index (χ4v) is 4.00. The number of rotatable bonds is 10. The van der Waals surface area contributed by atoms with Crippen LogP contribution in [0.1, 0.15) is 23.8 Å². The standard InChI is InChI=1S/C25H30N4O3S/c1-17-13-23(28-32-17)27-25(31)18(2)33-16-24(30)26-14-21-7-5-6-8-22(21)20-11-9-19(10-12-20)15-29(3)4/h5-13,18H,14-16H2,1-4H3,(H,26,30)(H,27,28,31). The first-order valence-electron chi connectivity index (χ1n) is 10.8. The number of aryl methyl sites for hydroxylation is 1. The van der Waals surface area contributed by atoms with Crippen molar-refractivity contribution < 1.29 is 14.1 Å². The Morgan fingerprint density at radius 2 is 1.85 bits per heavy atom. The molecule has 0 bridgehead atoms. The molecule has 2 amide bonds. The third kappa shape index (κ3) is 7.47. The lowest BCUT2D eigenvalue weighted by Crippen LogP contribution is -2.28. The summed E-state index contributed by atoms with van der Waals surface area (Å²) in [6.07, 6.45) is 0. The summed E-state index contributed by atoms with van der Waals surface area (Å²) in [5.74, 6) is 0.848. The molecule has 2 aromatic carbocycles. The maximum Gasteiger partial charge on any atom is 0.238 e. The average Bonchev–Trinajstić information content (AvgIpc) is 3.20. The predicted molar refractivity (Wildman–Crippen MR) is 133 cm³/mol. The summed E-state index contributed by atoms with van der Waals surface area (Å²) in [6, 6.07) is 18.2. The number of carbonyl (C=O) groups excluding carboxylic acids is 2. The lowest BCUT2D eigenvalue weighted by Gasteiger charge is -2.14. The molecular formula is C25H30N4O3S. The summed E-state index contributed by atoms with van der Waals surface area (Å²) in [7, 11) is 4.10. The third-order valence-corrected chi connectivity index (χ3v) is 6.11. The minimum absolute atomic E-state index is 0.118. The molecular weight excluding hydrogens is 436 g/mol. The highest BCUT2D eigenvalue weighted by molar-refractivity contribution is 8.01. The van der Waals surface area contributed by atoms with Gasteiger partial charge in [-0.25, -0.2) is 0 Å². The van der Waals surface area contributed by atoms with Gasteiger partial charge in [-0.05, 0) is 50.2 Å². The summed E-state index contributed by atoms with van der Waals surface area (Å²) < 4.78 is 4.94. The Kier molecular flexibility index (Phi) is 8.68. The van der Waals surface area contributed by atoms with E-state index in [2.05, 4.69) is 65.1 Å². The number of hydrogen-bond donors (Lipinski definition) is 2. The second kappa shape index (κ2) is 11.7.